The molecule has 5 nitrogen and oxygen atoms in total. The second-order valence-corrected chi connectivity index (χ2v) is 5.45. The van der Waals surface area contributed by atoms with Gasteiger partial charge in [-0.3, -0.25) is 0 Å². The minimum Gasteiger partial charge on any atom is -0.379 e. The van der Waals surface area contributed by atoms with Crippen LogP contribution in [0.15, 0.2) is 24.3 Å². The molecule has 1 aromatic rings. The van der Waals surface area contributed by atoms with Gasteiger partial charge in [-0.05, 0) is 38.5 Å². The Kier molecular flexibility index (Phi) is 12.4. The van der Waals surface area contributed by atoms with Gasteiger partial charge in [0.05, 0.1) is 46.2 Å². The highest BCUT2D eigenvalue weighted by molar-refractivity contribution is 5.48. The SMILES string of the molecule is CCOCCOCCOCCOCCN(CC)c1cccc(C)c1. The van der Waals surface area contributed by atoms with Crippen molar-refractivity contribution in [3.63, 3.8) is 0 Å². The maximum absolute atomic E-state index is 5.65. The van der Waals surface area contributed by atoms with E-state index in [9.17, 15) is 0 Å². The van der Waals surface area contributed by atoms with Crippen molar-refractivity contribution in [3.05, 3.63) is 29.8 Å². The smallest absolute Gasteiger partial charge is 0.0701 e. The monoisotopic (exact) mass is 339 g/mol. The van der Waals surface area contributed by atoms with Gasteiger partial charge >= 0.3 is 0 Å². The van der Waals surface area contributed by atoms with E-state index < -0.39 is 0 Å². The van der Waals surface area contributed by atoms with Gasteiger partial charge in [-0.25, -0.2) is 0 Å². The van der Waals surface area contributed by atoms with Gasteiger partial charge in [-0.15, -0.1) is 0 Å². The summed E-state index contributed by atoms with van der Waals surface area (Å²) in [6.45, 7) is 13.2. The first kappa shape index (κ1) is 20.9. The van der Waals surface area contributed by atoms with Gasteiger partial charge in [0, 0.05) is 25.4 Å². The van der Waals surface area contributed by atoms with E-state index in [0.29, 0.717) is 46.2 Å². The Morgan fingerprint density at radius 2 is 1.38 bits per heavy atom. The summed E-state index contributed by atoms with van der Waals surface area (Å²) in [4.78, 5) is 2.32. The van der Waals surface area contributed by atoms with E-state index in [1.165, 1.54) is 11.3 Å². The fourth-order valence-electron chi connectivity index (χ4n) is 2.27. The molecule has 1 rings (SSSR count). The number of nitrogens with zero attached hydrogens (tertiary/aromatic N) is 1. The van der Waals surface area contributed by atoms with Crippen LogP contribution >= 0.6 is 0 Å². The summed E-state index contributed by atoms with van der Waals surface area (Å²) < 4.78 is 21.7. The summed E-state index contributed by atoms with van der Waals surface area (Å²) in [7, 11) is 0. The number of anilines is 1. The summed E-state index contributed by atoms with van der Waals surface area (Å²) in [5.41, 5.74) is 2.53. The molecule has 24 heavy (non-hydrogen) atoms. The molecule has 0 heterocycles. The summed E-state index contributed by atoms with van der Waals surface area (Å²) in [5, 5.41) is 0. The minimum absolute atomic E-state index is 0.597. The summed E-state index contributed by atoms with van der Waals surface area (Å²) in [6.07, 6.45) is 0. The van der Waals surface area contributed by atoms with E-state index in [2.05, 4.69) is 43.0 Å². The van der Waals surface area contributed by atoms with Gasteiger partial charge in [0.1, 0.15) is 0 Å². The van der Waals surface area contributed by atoms with Gasteiger partial charge in [-0.1, -0.05) is 12.1 Å². The molecular formula is C19H33NO4. The summed E-state index contributed by atoms with van der Waals surface area (Å²) >= 11 is 0. The van der Waals surface area contributed by atoms with Crippen LogP contribution in [0.1, 0.15) is 19.4 Å². The normalized spacial score (nSPS) is 11.0. The highest BCUT2D eigenvalue weighted by Gasteiger charge is 2.03. The van der Waals surface area contributed by atoms with Gasteiger partial charge in [0.2, 0.25) is 0 Å². The van der Waals surface area contributed by atoms with Crippen LogP contribution in [0, 0.1) is 6.92 Å². The quantitative estimate of drug-likeness (QED) is 0.460. The third kappa shape index (κ3) is 9.88. The Morgan fingerprint density at radius 1 is 0.792 bits per heavy atom. The van der Waals surface area contributed by atoms with Crippen LogP contribution in [0.2, 0.25) is 0 Å². The highest BCUT2D eigenvalue weighted by atomic mass is 16.6. The molecule has 0 amide bonds. The third-order valence-corrected chi connectivity index (χ3v) is 3.57. The van der Waals surface area contributed by atoms with Gasteiger partial charge in [-0.2, -0.15) is 0 Å². The van der Waals surface area contributed by atoms with Crippen molar-refractivity contribution in [2.75, 3.05) is 70.8 Å². The van der Waals surface area contributed by atoms with E-state index in [0.717, 1.165) is 19.7 Å². The Labute approximate surface area is 146 Å². The number of likely N-dealkylation sites (N-methyl/N-ethyl adjacent to an activating group) is 1. The zero-order valence-corrected chi connectivity index (χ0v) is 15.5. The molecule has 0 saturated carbocycles. The number of ether oxygens (including phenoxy) is 4. The van der Waals surface area contributed by atoms with Gasteiger partial charge in [0.25, 0.3) is 0 Å². The van der Waals surface area contributed by atoms with Crippen molar-refractivity contribution in [1.82, 2.24) is 0 Å². The molecule has 1 aromatic carbocycles. The molecule has 0 atom stereocenters. The molecule has 0 N–H and O–H groups in total. The maximum Gasteiger partial charge on any atom is 0.0701 e. The molecule has 0 radical (unpaired) electrons. The molecule has 0 fully saturated rings. The van der Waals surface area contributed by atoms with Crippen LogP contribution in [0.3, 0.4) is 0 Å². The third-order valence-electron chi connectivity index (χ3n) is 3.57. The first-order valence-corrected chi connectivity index (χ1v) is 8.90. The van der Waals surface area contributed by atoms with Crippen molar-refractivity contribution in [2.24, 2.45) is 0 Å². The van der Waals surface area contributed by atoms with E-state index in [-0.39, 0.29) is 0 Å². The molecule has 5 heteroatoms. The lowest BCUT2D eigenvalue weighted by molar-refractivity contribution is 0.000286. The molecule has 0 saturated heterocycles. The van der Waals surface area contributed by atoms with Crippen molar-refractivity contribution >= 4 is 5.69 Å². The lowest BCUT2D eigenvalue weighted by atomic mass is 10.2. The maximum atomic E-state index is 5.65. The molecule has 0 aliphatic rings. The molecule has 0 aliphatic carbocycles. The lowest BCUT2D eigenvalue weighted by Crippen LogP contribution is -2.27. The van der Waals surface area contributed by atoms with Gasteiger partial charge < -0.3 is 23.8 Å². The zero-order chi connectivity index (χ0) is 17.5. The first-order chi connectivity index (χ1) is 11.8. The Bertz CT molecular complexity index is 414. The number of hydrogen-bond donors (Lipinski definition) is 0. The molecule has 0 aliphatic heterocycles. The van der Waals surface area contributed by atoms with Gasteiger partial charge in [0.15, 0.2) is 0 Å². The van der Waals surface area contributed by atoms with Crippen LogP contribution in [0.25, 0.3) is 0 Å². The Hall–Kier alpha value is -1.14. The van der Waals surface area contributed by atoms with E-state index >= 15 is 0 Å². The van der Waals surface area contributed by atoms with Crippen molar-refractivity contribution < 1.29 is 18.9 Å². The zero-order valence-electron chi connectivity index (χ0n) is 15.5. The van der Waals surface area contributed by atoms with Crippen LogP contribution in [-0.4, -0.2) is 65.9 Å². The topological polar surface area (TPSA) is 40.2 Å². The van der Waals surface area contributed by atoms with Crippen LogP contribution in [0.5, 0.6) is 0 Å². The summed E-state index contributed by atoms with van der Waals surface area (Å²) in [6, 6.07) is 8.56. The molecule has 0 aromatic heterocycles. The van der Waals surface area contributed by atoms with Crippen LogP contribution < -0.4 is 4.90 Å². The van der Waals surface area contributed by atoms with E-state index in [1.807, 2.05) is 6.92 Å². The highest BCUT2D eigenvalue weighted by Crippen LogP contribution is 2.15. The molecule has 138 valence electrons. The number of benzene rings is 1. The minimum atomic E-state index is 0.597. The van der Waals surface area contributed by atoms with Crippen LogP contribution in [0.4, 0.5) is 5.69 Å². The van der Waals surface area contributed by atoms with E-state index in [4.69, 9.17) is 18.9 Å². The summed E-state index contributed by atoms with van der Waals surface area (Å²) in [5.74, 6) is 0. The average Bonchev–Trinajstić information content (AvgIpc) is 2.59. The number of hydrogen-bond acceptors (Lipinski definition) is 5. The number of rotatable bonds is 15. The largest absolute Gasteiger partial charge is 0.379 e. The van der Waals surface area contributed by atoms with Crippen LogP contribution in [-0.2, 0) is 18.9 Å². The lowest BCUT2D eigenvalue weighted by Gasteiger charge is -2.23. The first-order valence-electron chi connectivity index (χ1n) is 8.90. The Morgan fingerprint density at radius 3 is 1.92 bits per heavy atom. The molecule has 0 bridgehead atoms. The molecular weight excluding hydrogens is 306 g/mol. The standard InChI is InChI=1S/C19H33NO4/c1-4-20(19-8-6-7-18(3)17-19)9-10-22-13-14-24-16-15-23-12-11-21-5-2/h6-8,17H,4-5,9-16H2,1-3H3. The predicted octanol–water partition coefficient (Wildman–Crippen LogP) is 2.91. The van der Waals surface area contributed by atoms with E-state index in [1.54, 1.807) is 0 Å². The number of aryl methyl sites for hydroxylation is 1. The average molecular weight is 339 g/mol. The van der Waals surface area contributed by atoms with Crippen molar-refractivity contribution in [1.29, 1.82) is 0 Å². The molecule has 0 spiro atoms. The van der Waals surface area contributed by atoms with Crippen molar-refractivity contribution in [2.45, 2.75) is 20.8 Å². The molecule has 0 unspecified atom stereocenters. The fraction of sp³-hybridized carbons (Fsp3) is 0.684. The van der Waals surface area contributed by atoms with Crippen molar-refractivity contribution in [3.8, 4) is 0 Å². The second-order valence-electron chi connectivity index (χ2n) is 5.45. The fourth-order valence-corrected chi connectivity index (χ4v) is 2.27. The second kappa shape index (κ2) is 14.2. The Balaban J connectivity index is 1.97. The predicted molar refractivity (Wildman–Crippen MR) is 98.0 cm³/mol.